The van der Waals surface area contributed by atoms with Crippen molar-refractivity contribution in [3.05, 3.63) is 34.6 Å². The predicted molar refractivity (Wildman–Crippen MR) is 86.1 cm³/mol. The van der Waals surface area contributed by atoms with E-state index in [-0.39, 0.29) is 28.4 Å². The van der Waals surface area contributed by atoms with Gasteiger partial charge in [-0.05, 0) is 37.4 Å². The van der Waals surface area contributed by atoms with Gasteiger partial charge in [-0.1, -0.05) is 37.6 Å². The minimum Gasteiger partial charge on any atom is -0.314 e. The fourth-order valence-corrected chi connectivity index (χ4v) is 3.32. The van der Waals surface area contributed by atoms with Gasteiger partial charge in [-0.15, -0.1) is 0 Å². The molecule has 0 heterocycles. The van der Waals surface area contributed by atoms with Crippen molar-refractivity contribution >= 4 is 21.4 Å². The first kappa shape index (κ1) is 18.4. The highest BCUT2D eigenvalue weighted by Gasteiger charge is 2.15. The molecule has 0 bridgehead atoms. The van der Waals surface area contributed by atoms with Crippen LogP contribution in [0.2, 0.25) is 5.02 Å². The average Bonchev–Trinajstić information content (AvgIpc) is 2.44. The van der Waals surface area contributed by atoms with Crippen molar-refractivity contribution in [1.82, 2.24) is 5.32 Å². The Bertz CT molecular complexity index is 549. The zero-order chi connectivity index (χ0) is 15.9. The van der Waals surface area contributed by atoms with Crippen molar-refractivity contribution in [3.63, 3.8) is 0 Å². The Morgan fingerprint density at radius 3 is 2.67 bits per heavy atom. The summed E-state index contributed by atoms with van der Waals surface area (Å²) in [6, 6.07) is 5.02. The highest BCUT2D eigenvalue weighted by Crippen LogP contribution is 2.20. The lowest BCUT2D eigenvalue weighted by Crippen LogP contribution is -2.31. The Labute approximate surface area is 131 Å². The second-order valence-electron chi connectivity index (χ2n) is 5.05. The summed E-state index contributed by atoms with van der Waals surface area (Å²) in [6.07, 6.45) is 1.78. The molecule has 1 N–H and O–H groups in total. The minimum atomic E-state index is -2.94. The summed E-state index contributed by atoms with van der Waals surface area (Å²) in [4.78, 5) is 0. The highest BCUT2D eigenvalue weighted by molar-refractivity contribution is 7.91. The first-order valence-corrected chi connectivity index (χ1v) is 9.46. The molecule has 21 heavy (non-hydrogen) atoms. The average molecular weight is 336 g/mol. The second kappa shape index (κ2) is 8.71. The number of rotatable bonds is 9. The third-order valence-corrected chi connectivity index (χ3v) is 5.52. The van der Waals surface area contributed by atoms with Gasteiger partial charge >= 0.3 is 0 Å². The minimum absolute atomic E-state index is 0.0509. The van der Waals surface area contributed by atoms with Crippen LogP contribution < -0.4 is 5.32 Å². The molecule has 0 amide bonds. The van der Waals surface area contributed by atoms with Gasteiger partial charge in [-0.2, -0.15) is 0 Å². The summed E-state index contributed by atoms with van der Waals surface area (Å²) >= 11 is 5.78. The van der Waals surface area contributed by atoms with Gasteiger partial charge in [-0.25, -0.2) is 12.8 Å². The Hall–Kier alpha value is -0.650. The lowest BCUT2D eigenvalue weighted by atomic mass is 10.0. The summed E-state index contributed by atoms with van der Waals surface area (Å²) < 4.78 is 36.9. The molecule has 0 radical (unpaired) electrons. The van der Waals surface area contributed by atoms with Crippen molar-refractivity contribution in [2.24, 2.45) is 0 Å². The van der Waals surface area contributed by atoms with Crippen LogP contribution in [0.25, 0.3) is 0 Å². The SMILES string of the molecule is CCNC(CCCS(=O)(=O)CC)Cc1cccc(Cl)c1F. The van der Waals surface area contributed by atoms with Crippen LogP contribution in [0, 0.1) is 5.82 Å². The number of nitrogens with one attached hydrogen (secondary N) is 1. The quantitative estimate of drug-likeness (QED) is 0.753. The molecule has 0 spiro atoms. The van der Waals surface area contributed by atoms with Crippen molar-refractivity contribution in [2.45, 2.75) is 39.2 Å². The van der Waals surface area contributed by atoms with Crippen molar-refractivity contribution in [2.75, 3.05) is 18.1 Å². The third-order valence-electron chi connectivity index (χ3n) is 3.44. The zero-order valence-corrected chi connectivity index (χ0v) is 14.1. The van der Waals surface area contributed by atoms with Crippen LogP contribution >= 0.6 is 11.6 Å². The Morgan fingerprint density at radius 2 is 2.05 bits per heavy atom. The number of hydrogen-bond donors (Lipinski definition) is 1. The van der Waals surface area contributed by atoms with Crippen LogP contribution in [-0.4, -0.2) is 32.5 Å². The standard InChI is InChI=1S/C15H23ClFNO2S/c1-3-18-13(8-6-10-21(19,20)4-2)11-12-7-5-9-14(16)15(12)17/h5,7,9,13,18H,3-4,6,8,10-11H2,1-2H3. The van der Waals surface area contributed by atoms with Crippen LogP contribution in [0.1, 0.15) is 32.3 Å². The molecule has 0 aliphatic heterocycles. The van der Waals surface area contributed by atoms with Crippen molar-refractivity contribution < 1.29 is 12.8 Å². The number of sulfone groups is 1. The summed E-state index contributed by atoms with van der Waals surface area (Å²) in [5.74, 6) is -0.0335. The van der Waals surface area contributed by atoms with E-state index in [4.69, 9.17) is 11.6 Å². The molecule has 0 saturated heterocycles. The van der Waals surface area contributed by atoms with E-state index < -0.39 is 9.84 Å². The third kappa shape index (κ3) is 6.32. The van der Waals surface area contributed by atoms with E-state index in [1.54, 1.807) is 19.1 Å². The van der Waals surface area contributed by atoms with Gasteiger partial charge in [-0.3, -0.25) is 0 Å². The number of likely N-dealkylation sites (N-methyl/N-ethyl adjacent to an activating group) is 1. The lowest BCUT2D eigenvalue weighted by molar-refractivity contribution is 0.474. The summed E-state index contributed by atoms with van der Waals surface area (Å²) in [5, 5.41) is 3.40. The number of benzene rings is 1. The normalized spacial score (nSPS) is 13.3. The fraction of sp³-hybridized carbons (Fsp3) is 0.600. The van der Waals surface area contributed by atoms with E-state index in [9.17, 15) is 12.8 Å². The monoisotopic (exact) mass is 335 g/mol. The molecule has 3 nitrogen and oxygen atoms in total. The smallest absolute Gasteiger partial charge is 0.150 e. The Balaban J connectivity index is 2.63. The maximum atomic E-state index is 13.9. The lowest BCUT2D eigenvalue weighted by Gasteiger charge is -2.18. The molecular formula is C15H23ClFNO2S. The van der Waals surface area contributed by atoms with Gasteiger partial charge < -0.3 is 5.32 Å². The van der Waals surface area contributed by atoms with Gasteiger partial charge in [0.05, 0.1) is 10.8 Å². The van der Waals surface area contributed by atoms with Crippen LogP contribution in [-0.2, 0) is 16.3 Å². The van der Waals surface area contributed by atoms with E-state index in [1.165, 1.54) is 6.07 Å². The van der Waals surface area contributed by atoms with Gasteiger partial charge in [0, 0.05) is 11.8 Å². The molecule has 6 heteroatoms. The summed E-state index contributed by atoms with van der Waals surface area (Å²) in [6.45, 7) is 4.38. The molecule has 1 unspecified atom stereocenters. The first-order chi connectivity index (χ1) is 9.89. The molecule has 1 rings (SSSR count). The van der Waals surface area contributed by atoms with E-state index >= 15 is 0 Å². The molecule has 0 fully saturated rings. The maximum absolute atomic E-state index is 13.9. The topological polar surface area (TPSA) is 46.2 Å². The molecule has 0 aliphatic rings. The Kier molecular flexibility index (Phi) is 7.63. The second-order valence-corrected chi connectivity index (χ2v) is 7.93. The molecule has 0 aromatic heterocycles. The van der Waals surface area contributed by atoms with Gasteiger partial charge in [0.25, 0.3) is 0 Å². The first-order valence-electron chi connectivity index (χ1n) is 7.26. The van der Waals surface area contributed by atoms with E-state index in [2.05, 4.69) is 5.32 Å². The highest BCUT2D eigenvalue weighted by atomic mass is 35.5. The molecule has 1 aromatic rings. The van der Waals surface area contributed by atoms with Crippen molar-refractivity contribution in [1.29, 1.82) is 0 Å². The Morgan fingerprint density at radius 1 is 1.33 bits per heavy atom. The van der Waals surface area contributed by atoms with E-state index in [0.29, 0.717) is 24.8 Å². The van der Waals surface area contributed by atoms with Gasteiger partial charge in [0.2, 0.25) is 0 Å². The maximum Gasteiger partial charge on any atom is 0.150 e. The van der Waals surface area contributed by atoms with Gasteiger partial charge in [0.1, 0.15) is 15.7 Å². The molecule has 1 atom stereocenters. The van der Waals surface area contributed by atoms with E-state index in [0.717, 1.165) is 6.54 Å². The number of halogens is 2. The van der Waals surface area contributed by atoms with Crippen LogP contribution in [0.3, 0.4) is 0 Å². The van der Waals surface area contributed by atoms with Gasteiger partial charge in [0.15, 0.2) is 0 Å². The van der Waals surface area contributed by atoms with Crippen LogP contribution in [0.4, 0.5) is 4.39 Å². The zero-order valence-electron chi connectivity index (χ0n) is 12.5. The summed E-state index contributed by atoms with van der Waals surface area (Å²) in [7, 11) is -2.94. The molecule has 1 aromatic carbocycles. The fourth-order valence-electron chi connectivity index (χ4n) is 2.23. The number of hydrogen-bond acceptors (Lipinski definition) is 3. The van der Waals surface area contributed by atoms with Crippen molar-refractivity contribution in [3.8, 4) is 0 Å². The van der Waals surface area contributed by atoms with Crippen LogP contribution in [0.5, 0.6) is 0 Å². The summed E-state index contributed by atoms with van der Waals surface area (Å²) in [5.41, 5.74) is 0.562. The molecular weight excluding hydrogens is 313 g/mol. The molecule has 0 aliphatic carbocycles. The molecule has 120 valence electrons. The predicted octanol–water partition coefficient (Wildman–Crippen LogP) is 3.21. The van der Waals surface area contributed by atoms with Crippen LogP contribution in [0.15, 0.2) is 18.2 Å². The van der Waals surface area contributed by atoms with E-state index in [1.807, 2.05) is 6.92 Å². The largest absolute Gasteiger partial charge is 0.314 e. The molecule has 0 saturated carbocycles.